The normalized spacial score (nSPS) is 22.7. The summed E-state index contributed by atoms with van der Waals surface area (Å²) in [6, 6.07) is 7.39. The molecule has 4 rings (SSSR count). The van der Waals surface area contributed by atoms with Crippen molar-refractivity contribution in [3.63, 3.8) is 0 Å². The van der Waals surface area contributed by atoms with E-state index in [0.29, 0.717) is 17.3 Å². The second-order valence-corrected chi connectivity index (χ2v) is 6.71. The van der Waals surface area contributed by atoms with Crippen LogP contribution < -0.4 is 10.1 Å². The molecule has 9 nitrogen and oxygen atoms in total. The van der Waals surface area contributed by atoms with Crippen molar-refractivity contribution in [2.45, 2.75) is 38.4 Å². The predicted octanol–water partition coefficient (Wildman–Crippen LogP) is 2.78. The number of carbonyl (C=O) groups is 1. The number of nitrogens with zero attached hydrogens (tertiary/aromatic N) is 3. The highest BCUT2D eigenvalue weighted by atomic mass is 16.5. The Labute approximate surface area is 155 Å². The molecule has 3 atom stereocenters. The Kier molecular flexibility index (Phi) is 4.76. The van der Waals surface area contributed by atoms with Crippen molar-refractivity contribution >= 4 is 22.8 Å². The third kappa shape index (κ3) is 3.37. The number of nitrogens with one attached hydrogen (secondary N) is 2. The van der Waals surface area contributed by atoms with Gasteiger partial charge in [-0.2, -0.15) is 5.21 Å². The largest absolute Gasteiger partial charge is 0.483 e. The van der Waals surface area contributed by atoms with Gasteiger partial charge in [-0.05, 0) is 36.1 Å². The predicted molar refractivity (Wildman–Crippen MR) is 96.6 cm³/mol. The molecule has 142 valence electrons. The molecule has 2 N–H and O–H groups in total. The van der Waals surface area contributed by atoms with Gasteiger partial charge in [0, 0.05) is 7.11 Å². The van der Waals surface area contributed by atoms with Gasteiger partial charge < -0.3 is 13.9 Å². The third-order valence-electron chi connectivity index (χ3n) is 4.96. The van der Waals surface area contributed by atoms with Crippen LogP contribution in [0.25, 0.3) is 11.0 Å². The summed E-state index contributed by atoms with van der Waals surface area (Å²) in [6.45, 7) is 2.14. The van der Waals surface area contributed by atoms with Crippen LogP contribution in [0.4, 0.5) is 5.95 Å². The summed E-state index contributed by atoms with van der Waals surface area (Å²) in [7, 11) is 1.69. The fourth-order valence-corrected chi connectivity index (χ4v) is 3.58. The molecule has 3 aromatic rings. The van der Waals surface area contributed by atoms with E-state index in [9.17, 15) is 4.79 Å². The summed E-state index contributed by atoms with van der Waals surface area (Å²) in [5, 5.41) is 16.5. The van der Waals surface area contributed by atoms with Crippen LogP contribution in [-0.2, 0) is 4.74 Å². The van der Waals surface area contributed by atoms with E-state index in [2.05, 4.69) is 32.9 Å². The Bertz CT molecular complexity index is 923. The topological polar surface area (TPSA) is 115 Å². The van der Waals surface area contributed by atoms with Gasteiger partial charge in [0.15, 0.2) is 5.75 Å². The first kappa shape index (κ1) is 17.5. The molecule has 1 amide bonds. The number of hydrogen-bond acceptors (Lipinski definition) is 7. The first-order chi connectivity index (χ1) is 13.2. The fraction of sp³-hybridized carbons (Fsp3) is 0.444. The maximum absolute atomic E-state index is 12.7. The summed E-state index contributed by atoms with van der Waals surface area (Å²) in [4.78, 5) is 12.7. The number of hydrogen-bond donors (Lipinski definition) is 2. The van der Waals surface area contributed by atoms with Gasteiger partial charge in [-0.25, -0.2) is 0 Å². The highest BCUT2D eigenvalue weighted by molar-refractivity contribution is 6.07. The lowest BCUT2D eigenvalue weighted by molar-refractivity contribution is -0.0479. The van der Waals surface area contributed by atoms with Gasteiger partial charge in [0.05, 0.1) is 11.5 Å². The van der Waals surface area contributed by atoms with Crippen molar-refractivity contribution < 1.29 is 18.7 Å². The van der Waals surface area contributed by atoms with Crippen molar-refractivity contribution in [1.82, 2.24) is 20.6 Å². The van der Waals surface area contributed by atoms with Crippen LogP contribution in [0, 0.1) is 5.92 Å². The second kappa shape index (κ2) is 7.36. The molecular weight excluding hydrogens is 350 g/mol. The fourth-order valence-electron chi connectivity index (χ4n) is 3.58. The monoisotopic (exact) mass is 371 g/mol. The summed E-state index contributed by atoms with van der Waals surface area (Å²) < 4.78 is 17.8. The highest BCUT2D eigenvalue weighted by Crippen LogP contribution is 2.37. The maximum atomic E-state index is 12.7. The molecule has 1 aromatic carbocycles. The molecule has 0 aliphatic heterocycles. The number of aromatic amines is 1. The molecule has 1 fully saturated rings. The molecule has 1 aliphatic carbocycles. The number of benzene rings is 1. The van der Waals surface area contributed by atoms with Gasteiger partial charge in [0.1, 0.15) is 11.7 Å². The molecule has 0 spiro atoms. The van der Waals surface area contributed by atoms with Gasteiger partial charge in [0.25, 0.3) is 11.9 Å². The first-order valence-corrected chi connectivity index (χ1v) is 8.93. The van der Waals surface area contributed by atoms with Gasteiger partial charge in [-0.3, -0.25) is 10.1 Å². The molecule has 0 radical (unpaired) electrons. The van der Waals surface area contributed by atoms with Crippen LogP contribution in [0.3, 0.4) is 0 Å². The van der Waals surface area contributed by atoms with Crippen LogP contribution in [0.2, 0.25) is 0 Å². The van der Waals surface area contributed by atoms with E-state index in [0.717, 1.165) is 24.6 Å². The van der Waals surface area contributed by atoms with Crippen LogP contribution >= 0.6 is 0 Å². The lowest BCUT2D eigenvalue weighted by Gasteiger charge is -2.35. The van der Waals surface area contributed by atoms with E-state index in [4.69, 9.17) is 13.9 Å². The average molecular weight is 371 g/mol. The number of tetrazole rings is 1. The molecule has 2 aromatic heterocycles. The lowest BCUT2D eigenvalue weighted by Crippen LogP contribution is -2.42. The SMILES string of the molecule is COC1CCCC(C)C1Oc1c(C(=O)Nc2nn[nH]n2)oc2ccccc12. The van der Waals surface area contributed by atoms with Gasteiger partial charge >= 0.3 is 0 Å². The van der Waals surface area contributed by atoms with Gasteiger partial charge in [-0.15, -0.1) is 5.10 Å². The number of methoxy groups -OCH3 is 1. The number of furan rings is 1. The number of rotatable bonds is 5. The molecule has 1 saturated carbocycles. The number of para-hydroxylation sites is 1. The molecule has 3 unspecified atom stereocenters. The van der Waals surface area contributed by atoms with Crippen molar-refractivity contribution in [2.75, 3.05) is 12.4 Å². The molecular formula is C18H21N5O4. The molecule has 0 saturated heterocycles. The van der Waals surface area contributed by atoms with Crippen LogP contribution in [0.1, 0.15) is 36.7 Å². The zero-order valence-electron chi connectivity index (χ0n) is 15.1. The second-order valence-electron chi connectivity index (χ2n) is 6.71. The Morgan fingerprint density at radius 1 is 1.33 bits per heavy atom. The quantitative estimate of drug-likeness (QED) is 0.708. The van der Waals surface area contributed by atoms with E-state index in [1.165, 1.54) is 0 Å². The molecule has 0 bridgehead atoms. The van der Waals surface area contributed by atoms with E-state index in [1.54, 1.807) is 13.2 Å². The minimum absolute atomic E-state index is 0.0319. The van der Waals surface area contributed by atoms with Crippen LogP contribution in [0.15, 0.2) is 28.7 Å². The van der Waals surface area contributed by atoms with E-state index >= 15 is 0 Å². The van der Waals surface area contributed by atoms with Crippen LogP contribution in [-0.4, -0.2) is 45.8 Å². The van der Waals surface area contributed by atoms with E-state index < -0.39 is 5.91 Å². The highest BCUT2D eigenvalue weighted by Gasteiger charge is 2.35. The van der Waals surface area contributed by atoms with Gasteiger partial charge in [0.2, 0.25) is 5.76 Å². The maximum Gasteiger partial charge on any atom is 0.297 e. The summed E-state index contributed by atoms with van der Waals surface area (Å²) >= 11 is 0. The Morgan fingerprint density at radius 3 is 2.96 bits per heavy atom. The minimum atomic E-state index is -0.500. The smallest absolute Gasteiger partial charge is 0.297 e. The number of ether oxygens (including phenoxy) is 2. The number of H-pyrrole nitrogens is 1. The van der Waals surface area contributed by atoms with Crippen molar-refractivity contribution in [1.29, 1.82) is 0 Å². The summed E-state index contributed by atoms with van der Waals surface area (Å²) in [6.07, 6.45) is 2.87. The van der Waals surface area contributed by atoms with Gasteiger partial charge in [-0.1, -0.05) is 30.6 Å². The Morgan fingerprint density at radius 2 is 2.19 bits per heavy atom. The average Bonchev–Trinajstić information content (AvgIpc) is 3.31. The van der Waals surface area contributed by atoms with Crippen molar-refractivity contribution in [2.24, 2.45) is 5.92 Å². The molecule has 2 heterocycles. The standard InChI is InChI=1S/C18H21N5O4/c1-10-6-5-9-13(25-2)14(10)27-15-11-7-3-4-8-12(11)26-16(15)17(24)19-18-20-22-23-21-18/h3-4,7-8,10,13-14H,5-6,9H2,1-2H3,(H2,19,20,21,22,23,24). The van der Waals surface area contributed by atoms with Crippen molar-refractivity contribution in [3.8, 4) is 5.75 Å². The van der Waals surface area contributed by atoms with E-state index in [1.807, 2.05) is 18.2 Å². The molecule has 9 heteroatoms. The first-order valence-electron chi connectivity index (χ1n) is 8.93. The minimum Gasteiger partial charge on any atom is -0.483 e. The van der Waals surface area contributed by atoms with E-state index in [-0.39, 0.29) is 23.9 Å². The zero-order valence-corrected chi connectivity index (χ0v) is 15.1. The molecule has 1 aliphatic rings. The Hall–Kier alpha value is -2.94. The summed E-state index contributed by atoms with van der Waals surface area (Å²) in [5.74, 6) is 0.346. The number of aromatic nitrogens is 4. The number of amides is 1. The Balaban J connectivity index is 1.70. The zero-order chi connectivity index (χ0) is 18.8. The number of carbonyl (C=O) groups excluding carboxylic acids is 1. The number of fused-ring (bicyclic) bond motifs is 1. The third-order valence-corrected chi connectivity index (χ3v) is 4.96. The lowest BCUT2D eigenvalue weighted by atomic mass is 9.85. The number of anilines is 1. The van der Waals surface area contributed by atoms with Crippen LogP contribution in [0.5, 0.6) is 5.75 Å². The molecule has 27 heavy (non-hydrogen) atoms. The van der Waals surface area contributed by atoms with Crippen molar-refractivity contribution in [3.05, 3.63) is 30.0 Å². The summed E-state index contributed by atoms with van der Waals surface area (Å²) in [5.41, 5.74) is 0.572.